The first kappa shape index (κ1) is 8.66. The van der Waals surface area contributed by atoms with Crippen LogP contribution in [0, 0.1) is 12.3 Å². The number of imidazole rings is 1. The van der Waals surface area contributed by atoms with Crippen LogP contribution in [0.4, 0.5) is 0 Å². The highest BCUT2D eigenvalue weighted by Gasteiger charge is 2.22. The van der Waals surface area contributed by atoms with Crippen molar-refractivity contribution in [2.45, 2.75) is 25.8 Å². The molecule has 0 aliphatic rings. The zero-order valence-corrected chi connectivity index (χ0v) is 7.29. The van der Waals surface area contributed by atoms with Gasteiger partial charge in [-0.1, -0.05) is 12.8 Å². The van der Waals surface area contributed by atoms with Gasteiger partial charge in [-0.05, 0) is 13.3 Å². The lowest BCUT2D eigenvalue weighted by molar-refractivity contribution is 0.402. The zero-order chi connectivity index (χ0) is 9.19. The number of aromatic amines is 1. The van der Waals surface area contributed by atoms with Gasteiger partial charge in [-0.15, -0.1) is 6.42 Å². The minimum absolute atomic E-state index is 0.155. The molecule has 0 saturated carbocycles. The zero-order valence-electron chi connectivity index (χ0n) is 7.29. The van der Waals surface area contributed by atoms with E-state index in [0.717, 1.165) is 6.42 Å². The van der Waals surface area contributed by atoms with E-state index in [1.165, 1.54) is 4.57 Å². The summed E-state index contributed by atoms with van der Waals surface area (Å²) in [5.74, 6) is 2.61. The molecule has 3 heteroatoms. The van der Waals surface area contributed by atoms with Crippen molar-refractivity contribution < 1.29 is 0 Å². The highest BCUT2D eigenvalue weighted by Crippen LogP contribution is 2.15. The van der Waals surface area contributed by atoms with E-state index in [1.807, 2.05) is 13.8 Å². The lowest BCUT2D eigenvalue weighted by Gasteiger charge is -2.21. The van der Waals surface area contributed by atoms with Crippen LogP contribution in [0.1, 0.15) is 20.3 Å². The van der Waals surface area contributed by atoms with Crippen molar-refractivity contribution in [3.05, 3.63) is 22.9 Å². The maximum absolute atomic E-state index is 11.2. The molecule has 0 saturated heterocycles. The number of rotatable bonds is 2. The third-order valence-electron chi connectivity index (χ3n) is 2.18. The first-order valence-electron chi connectivity index (χ1n) is 3.88. The Kier molecular flexibility index (Phi) is 2.09. The largest absolute Gasteiger partial charge is 0.326 e. The summed E-state index contributed by atoms with van der Waals surface area (Å²) in [6.45, 7) is 3.82. The van der Waals surface area contributed by atoms with Crippen LogP contribution in [0.5, 0.6) is 0 Å². The van der Waals surface area contributed by atoms with Gasteiger partial charge in [0.05, 0.1) is 0 Å². The maximum Gasteiger partial charge on any atom is 0.326 e. The van der Waals surface area contributed by atoms with Gasteiger partial charge in [0.25, 0.3) is 0 Å². The first-order chi connectivity index (χ1) is 5.64. The summed E-state index contributed by atoms with van der Waals surface area (Å²) in [7, 11) is 0. The van der Waals surface area contributed by atoms with E-state index in [4.69, 9.17) is 6.42 Å². The molecule has 1 N–H and O–H groups in total. The average Bonchev–Trinajstić information content (AvgIpc) is 2.51. The molecule has 0 aromatic carbocycles. The van der Waals surface area contributed by atoms with Gasteiger partial charge in [-0.2, -0.15) is 0 Å². The average molecular weight is 164 g/mol. The van der Waals surface area contributed by atoms with Crippen molar-refractivity contribution in [1.82, 2.24) is 9.55 Å². The van der Waals surface area contributed by atoms with Crippen molar-refractivity contribution >= 4 is 0 Å². The Morgan fingerprint density at radius 1 is 1.83 bits per heavy atom. The van der Waals surface area contributed by atoms with Gasteiger partial charge in [-0.3, -0.25) is 4.57 Å². The molecule has 12 heavy (non-hydrogen) atoms. The van der Waals surface area contributed by atoms with Gasteiger partial charge < -0.3 is 4.98 Å². The van der Waals surface area contributed by atoms with E-state index in [-0.39, 0.29) is 5.69 Å². The van der Waals surface area contributed by atoms with E-state index in [2.05, 4.69) is 10.9 Å². The number of nitrogens with zero attached hydrogens (tertiary/aromatic N) is 1. The van der Waals surface area contributed by atoms with Gasteiger partial charge >= 0.3 is 5.69 Å². The Balaban J connectivity index is 3.22. The Labute approximate surface area is 71.4 Å². The lowest BCUT2D eigenvalue weighted by Crippen LogP contribution is -2.35. The number of H-pyrrole nitrogens is 1. The third-order valence-corrected chi connectivity index (χ3v) is 2.18. The number of nitrogens with one attached hydrogen (secondary N) is 1. The summed E-state index contributed by atoms with van der Waals surface area (Å²) in [5, 5.41) is 0. The quantitative estimate of drug-likeness (QED) is 0.649. The fourth-order valence-electron chi connectivity index (χ4n) is 1.05. The molecule has 0 amide bonds. The Bertz CT molecular complexity index is 355. The number of hydrogen-bond donors (Lipinski definition) is 1. The lowest BCUT2D eigenvalue weighted by atomic mass is 10.0. The second-order valence-corrected chi connectivity index (χ2v) is 2.91. The molecule has 1 rings (SSSR count). The number of terminal acetylenes is 1. The minimum atomic E-state index is -0.503. The minimum Gasteiger partial charge on any atom is -0.313 e. The summed E-state index contributed by atoms with van der Waals surface area (Å²) < 4.78 is 1.53. The van der Waals surface area contributed by atoms with E-state index in [1.54, 1.807) is 12.4 Å². The Morgan fingerprint density at radius 2 is 2.50 bits per heavy atom. The normalized spacial score (nSPS) is 15.1. The van der Waals surface area contributed by atoms with Crippen LogP contribution in [0.3, 0.4) is 0 Å². The molecule has 1 aromatic rings. The van der Waals surface area contributed by atoms with Crippen LogP contribution in [0.25, 0.3) is 0 Å². The van der Waals surface area contributed by atoms with Crippen molar-refractivity contribution in [1.29, 1.82) is 0 Å². The third kappa shape index (κ3) is 1.16. The summed E-state index contributed by atoms with van der Waals surface area (Å²) in [5.41, 5.74) is -0.658. The Hall–Kier alpha value is -1.43. The van der Waals surface area contributed by atoms with Crippen LogP contribution in [0.15, 0.2) is 17.2 Å². The molecule has 0 spiro atoms. The van der Waals surface area contributed by atoms with Gasteiger partial charge in [0.1, 0.15) is 5.54 Å². The summed E-state index contributed by atoms with van der Waals surface area (Å²) in [6, 6.07) is 0. The van der Waals surface area contributed by atoms with Gasteiger partial charge in [0.2, 0.25) is 0 Å². The molecule has 64 valence electrons. The van der Waals surface area contributed by atoms with Gasteiger partial charge in [-0.25, -0.2) is 4.79 Å². The summed E-state index contributed by atoms with van der Waals surface area (Å²) >= 11 is 0. The molecule has 3 nitrogen and oxygen atoms in total. The number of hydrogen-bond acceptors (Lipinski definition) is 1. The molecule has 1 unspecified atom stereocenters. The smallest absolute Gasteiger partial charge is 0.313 e. The van der Waals surface area contributed by atoms with Crippen LogP contribution in [-0.2, 0) is 5.54 Å². The molecule has 1 aromatic heterocycles. The van der Waals surface area contributed by atoms with E-state index >= 15 is 0 Å². The van der Waals surface area contributed by atoms with Gasteiger partial charge in [0, 0.05) is 12.4 Å². The van der Waals surface area contributed by atoms with Crippen molar-refractivity contribution in [2.24, 2.45) is 0 Å². The summed E-state index contributed by atoms with van der Waals surface area (Å²) in [6.07, 6.45) is 9.35. The summed E-state index contributed by atoms with van der Waals surface area (Å²) in [4.78, 5) is 13.8. The second kappa shape index (κ2) is 2.90. The fraction of sp³-hybridized carbons (Fsp3) is 0.444. The molecular formula is C9H12N2O. The molecule has 0 bridgehead atoms. The van der Waals surface area contributed by atoms with E-state index in [9.17, 15) is 4.79 Å². The maximum atomic E-state index is 11.2. The van der Waals surface area contributed by atoms with E-state index in [0.29, 0.717) is 0 Å². The van der Waals surface area contributed by atoms with E-state index < -0.39 is 5.54 Å². The SMILES string of the molecule is C#CC(C)(CC)n1cc[nH]c1=O. The van der Waals surface area contributed by atoms with Crippen molar-refractivity contribution in [3.8, 4) is 12.3 Å². The fourth-order valence-corrected chi connectivity index (χ4v) is 1.05. The van der Waals surface area contributed by atoms with Crippen LogP contribution >= 0.6 is 0 Å². The number of aromatic nitrogens is 2. The molecule has 0 fully saturated rings. The Morgan fingerprint density at radius 3 is 2.83 bits per heavy atom. The molecule has 0 aliphatic heterocycles. The standard InChI is InChI=1S/C9H12N2O/c1-4-9(3,5-2)11-7-6-10-8(11)12/h1,6-7H,5H2,2-3H3,(H,10,12). The van der Waals surface area contributed by atoms with Crippen molar-refractivity contribution in [3.63, 3.8) is 0 Å². The molecule has 1 heterocycles. The van der Waals surface area contributed by atoms with Crippen LogP contribution in [0.2, 0.25) is 0 Å². The molecule has 0 radical (unpaired) electrons. The molecule has 0 aliphatic carbocycles. The highest BCUT2D eigenvalue weighted by atomic mass is 16.1. The predicted octanol–water partition coefficient (Wildman–Crippen LogP) is 0.935. The topological polar surface area (TPSA) is 37.8 Å². The van der Waals surface area contributed by atoms with Crippen LogP contribution < -0.4 is 5.69 Å². The predicted molar refractivity (Wildman–Crippen MR) is 47.8 cm³/mol. The van der Waals surface area contributed by atoms with Crippen molar-refractivity contribution in [2.75, 3.05) is 0 Å². The molecular weight excluding hydrogens is 152 g/mol. The van der Waals surface area contributed by atoms with Gasteiger partial charge in [0.15, 0.2) is 0 Å². The molecule has 1 atom stereocenters. The second-order valence-electron chi connectivity index (χ2n) is 2.91. The monoisotopic (exact) mass is 164 g/mol. The first-order valence-corrected chi connectivity index (χ1v) is 3.88. The highest BCUT2D eigenvalue weighted by molar-refractivity contribution is 5.08. The van der Waals surface area contributed by atoms with Crippen LogP contribution in [-0.4, -0.2) is 9.55 Å².